The zero-order valence-corrected chi connectivity index (χ0v) is 7.92. The Morgan fingerprint density at radius 3 is 2.00 bits per heavy atom. The minimum Gasteiger partial charge on any atom is -0.468 e. The highest BCUT2D eigenvalue weighted by atomic mass is 16.6. The Morgan fingerprint density at radius 2 is 1.40 bits per heavy atom. The van der Waals surface area contributed by atoms with Crippen LogP contribution in [0.1, 0.15) is 0 Å². The van der Waals surface area contributed by atoms with Crippen LogP contribution >= 0.6 is 0 Å². The molecule has 0 heterocycles. The lowest BCUT2D eigenvalue weighted by molar-refractivity contribution is 0.0725. The van der Waals surface area contributed by atoms with Crippen molar-refractivity contribution in [2.24, 2.45) is 0 Å². The van der Waals surface area contributed by atoms with Crippen molar-refractivity contribution in [3.63, 3.8) is 0 Å². The molecule has 0 saturated carbocycles. The van der Waals surface area contributed by atoms with Gasteiger partial charge in [0, 0.05) is 6.07 Å². The molecule has 0 bridgehead atoms. The average molecular weight is 216 g/mol. The summed E-state index contributed by atoms with van der Waals surface area (Å²) in [5, 5.41) is 25.7. The maximum Gasteiger partial charge on any atom is 0.186 e. The third-order valence-electron chi connectivity index (χ3n) is 1.59. The van der Waals surface area contributed by atoms with Gasteiger partial charge in [0.15, 0.2) is 31.9 Å². The molecule has 0 aliphatic heterocycles. The molecule has 0 spiro atoms. The Hall–Kier alpha value is -1.50. The standard InChI is InChI=1S/C9H12O6/c10-4-13-7-1-2-8(14-5-11)9(3-7)15-6-12/h1-3,10-12H,4-6H2. The van der Waals surface area contributed by atoms with Gasteiger partial charge < -0.3 is 29.5 Å². The first-order valence-corrected chi connectivity index (χ1v) is 4.17. The Morgan fingerprint density at radius 1 is 0.800 bits per heavy atom. The largest absolute Gasteiger partial charge is 0.468 e. The second-order valence-corrected chi connectivity index (χ2v) is 2.43. The van der Waals surface area contributed by atoms with Crippen molar-refractivity contribution < 1.29 is 29.5 Å². The second kappa shape index (κ2) is 6.07. The van der Waals surface area contributed by atoms with Gasteiger partial charge in [-0.2, -0.15) is 0 Å². The summed E-state index contributed by atoms with van der Waals surface area (Å²) in [5.74, 6) is 0.862. The molecule has 15 heavy (non-hydrogen) atoms. The molecule has 1 aromatic carbocycles. The lowest BCUT2D eigenvalue weighted by Gasteiger charge is -2.11. The van der Waals surface area contributed by atoms with Gasteiger partial charge >= 0.3 is 0 Å². The average Bonchev–Trinajstić information content (AvgIpc) is 2.23. The Labute approximate surface area is 86.2 Å². The number of ether oxygens (including phenoxy) is 3. The summed E-state index contributed by atoms with van der Waals surface area (Å²) in [5.41, 5.74) is 0. The maximum atomic E-state index is 8.60. The number of aliphatic hydroxyl groups is 3. The normalized spacial score (nSPS) is 9.80. The monoisotopic (exact) mass is 216 g/mol. The smallest absolute Gasteiger partial charge is 0.186 e. The van der Waals surface area contributed by atoms with Gasteiger partial charge in [-0.1, -0.05) is 0 Å². The molecule has 6 heteroatoms. The Kier molecular flexibility index (Phi) is 4.69. The maximum absolute atomic E-state index is 8.60. The molecule has 0 aliphatic rings. The van der Waals surface area contributed by atoms with Gasteiger partial charge in [-0.3, -0.25) is 0 Å². The molecule has 84 valence electrons. The summed E-state index contributed by atoms with van der Waals surface area (Å²) < 4.78 is 14.5. The van der Waals surface area contributed by atoms with Crippen LogP contribution < -0.4 is 14.2 Å². The van der Waals surface area contributed by atoms with Crippen LogP contribution in [0.2, 0.25) is 0 Å². The fourth-order valence-corrected chi connectivity index (χ4v) is 1.02. The minimum atomic E-state index is -0.523. The molecule has 0 unspecified atom stereocenters. The molecule has 0 fully saturated rings. The lowest BCUT2D eigenvalue weighted by atomic mass is 10.3. The van der Waals surface area contributed by atoms with E-state index >= 15 is 0 Å². The molecule has 1 rings (SSSR count). The van der Waals surface area contributed by atoms with E-state index in [9.17, 15) is 0 Å². The highest BCUT2D eigenvalue weighted by Gasteiger charge is 2.06. The fraction of sp³-hybridized carbons (Fsp3) is 0.333. The van der Waals surface area contributed by atoms with Crippen LogP contribution in [0, 0.1) is 0 Å². The molecule has 0 saturated heterocycles. The minimum absolute atomic E-state index is 0.220. The van der Waals surface area contributed by atoms with Crippen LogP contribution in [0.4, 0.5) is 0 Å². The highest BCUT2D eigenvalue weighted by Crippen LogP contribution is 2.31. The van der Waals surface area contributed by atoms with E-state index in [0.29, 0.717) is 5.75 Å². The zero-order valence-electron chi connectivity index (χ0n) is 7.92. The third-order valence-corrected chi connectivity index (χ3v) is 1.59. The van der Waals surface area contributed by atoms with Crippen molar-refractivity contribution in [2.75, 3.05) is 20.4 Å². The van der Waals surface area contributed by atoms with Gasteiger partial charge in [0.1, 0.15) is 5.75 Å². The van der Waals surface area contributed by atoms with E-state index < -0.39 is 20.4 Å². The first-order chi connectivity index (χ1) is 7.31. The predicted octanol–water partition coefficient (Wildman–Crippen LogP) is -0.328. The zero-order chi connectivity index (χ0) is 11.1. The van der Waals surface area contributed by atoms with Gasteiger partial charge in [0.05, 0.1) is 0 Å². The van der Waals surface area contributed by atoms with E-state index in [1.165, 1.54) is 18.2 Å². The van der Waals surface area contributed by atoms with Crippen molar-refractivity contribution in [3.8, 4) is 17.2 Å². The summed E-state index contributed by atoms with van der Waals surface area (Å²) in [4.78, 5) is 0. The van der Waals surface area contributed by atoms with E-state index in [0.717, 1.165) is 0 Å². The Balaban J connectivity index is 2.87. The highest BCUT2D eigenvalue weighted by molar-refractivity contribution is 5.45. The third kappa shape index (κ3) is 3.28. The molecule has 1 aromatic rings. The lowest BCUT2D eigenvalue weighted by Crippen LogP contribution is -2.02. The van der Waals surface area contributed by atoms with Crippen molar-refractivity contribution in [3.05, 3.63) is 18.2 Å². The molecule has 6 nitrogen and oxygen atoms in total. The second-order valence-electron chi connectivity index (χ2n) is 2.43. The number of rotatable bonds is 6. The molecule has 0 aliphatic carbocycles. The van der Waals surface area contributed by atoms with Crippen LogP contribution in [0.25, 0.3) is 0 Å². The molecule has 0 radical (unpaired) electrons. The number of aliphatic hydroxyl groups excluding tert-OH is 3. The van der Waals surface area contributed by atoms with Gasteiger partial charge in [0.2, 0.25) is 0 Å². The Bertz CT molecular complexity index is 301. The summed E-state index contributed by atoms with van der Waals surface area (Å²) in [6.45, 7) is -1.48. The van der Waals surface area contributed by atoms with E-state index in [1.54, 1.807) is 0 Å². The quantitative estimate of drug-likeness (QED) is 0.564. The van der Waals surface area contributed by atoms with E-state index in [2.05, 4.69) is 0 Å². The molecule has 0 aromatic heterocycles. The molecule has 0 amide bonds. The summed E-state index contributed by atoms with van der Waals surface area (Å²) in [6, 6.07) is 4.45. The van der Waals surface area contributed by atoms with E-state index in [-0.39, 0.29) is 11.5 Å². The molecular formula is C9H12O6. The van der Waals surface area contributed by atoms with Crippen LogP contribution in [0.5, 0.6) is 17.2 Å². The number of hydrogen-bond acceptors (Lipinski definition) is 6. The topological polar surface area (TPSA) is 88.4 Å². The van der Waals surface area contributed by atoms with Gasteiger partial charge in [-0.25, -0.2) is 0 Å². The summed E-state index contributed by atoms with van der Waals surface area (Å²) >= 11 is 0. The van der Waals surface area contributed by atoms with Crippen LogP contribution in [0.3, 0.4) is 0 Å². The van der Waals surface area contributed by atoms with Gasteiger partial charge in [0.25, 0.3) is 0 Å². The summed E-state index contributed by atoms with van der Waals surface area (Å²) in [6.07, 6.45) is 0. The van der Waals surface area contributed by atoms with Crippen LogP contribution in [0.15, 0.2) is 18.2 Å². The van der Waals surface area contributed by atoms with Crippen molar-refractivity contribution >= 4 is 0 Å². The predicted molar refractivity (Wildman–Crippen MR) is 49.6 cm³/mol. The fourth-order valence-electron chi connectivity index (χ4n) is 1.02. The van der Waals surface area contributed by atoms with Crippen LogP contribution in [-0.4, -0.2) is 35.7 Å². The number of benzene rings is 1. The first-order valence-electron chi connectivity index (χ1n) is 4.17. The molecule has 3 N–H and O–H groups in total. The van der Waals surface area contributed by atoms with Crippen molar-refractivity contribution in [2.45, 2.75) is 0 Å². The van der Waals surface area contributed by atoms with E-state index in [4.69, 9.17) is 29.5 Å². The number of hydrogen-bond donors (Lipinski definition) is 3. The SMILES string of the molecule is OCOc1ccc(OCO)c(OCO)c1. The van der Waals surface area contributed by atoms with Crippen molar-refractivity contribution in [1.82, 2.24) is 0 Å². The first kappa shape index (κ1) is 11.6. The summed E-state index contributed by atoms with van der Waals surface area (Å²) in [7, 11) is 0. The molecular weight excluding hydrogens is 204 g/mol. The molecule has 0 atom stereocenters. The van der Waals surface area contributed by atoms with Crippen LogP contribution in [-0.2, 0) is 0 Å². The van der Waals surface area contributed by atoms with E-state index in [1.807, 2.05) is 0 Å². The van der Waals surface area contributed by atoms with Crippen molar-refractivity contribution in [1.29, 1.82) is 0 Å². The van der Waals surface area contributed by atoms with Gasteiger partial charge in [-0.15, -0.1) is 0 Å². The van der Waals surface area contributed by atoms with Gasteiger partial charge in [-0.05, 0) is 12.1 Å².